The van der Waals surface area contributed by atoms with Crippen LogP contribution in [0.2, 0.25) is 0 Å². The molecule has 0 unspecified atom stereocenters. The van der Waals surface area contributed by atoms with E-state index >= 15 is 0 Å². The van der Waals surface area contributed by atoms with Crippen molar-refractivity contribution in [3.8, 4) is 0 Å². The Labute approximate surface area is 204 Å². The maximum absolute atomic E-state index is 13.3. The Morgan fingerprint density at radius 1 is 0.714 bits per heavy atom. The molecule has 0 aromatic heterocycles. The maximum Gasteiger partial charge on any atom is 0.261 e. The van der Waals surface area contributed by atoms with Gasteiger partial charge in [0, 0.05) is 65.0 Å². The number of benzene rings is 2. The van der Waals surface area contributed by atoms with Crippen molar-refractivity contribution in [1.82, 2.24) is 14.7 Å². The highest BCUT2D eigenvalue weighted by molar-refractivity contribution is 6.33. The number of Topliss-reactive ketones (excluding diaryl/α,β-unsaturated/α-hetero) is 1. The molecule has 0 radical (unpaired) electrons. The Morgan fingerprint density at radius 2 is 1.14 bits per heavy atom. The van der Waals surface area contributed by atoms with Crippen LogP contribution in [0.5, 0.6) is 0 Å². The van der Waals surface area contributed by atoms with Crippen LogP contribution in [0.3, 0.4) is 0 Å². The summed E-state index contributed by atoms with van der Waals surface area (Å²) in [5, 5.41) is 0.785. The molecule has 184 valence electrons. The van der Waals surface area contributed by atoms with E-state index in [9.17, 15) is 24.0 Å². The molecule has 2 aromatic rings. The molecule has 0 N–H and O–H groups in total. The molecule has 2 aromatic carbocycles. The van der Waals surface area contributed by atoms with Gasteiger partial charge in [0.2, 0.25) is 0 Å². The van der Waals surface area contributed by atoms with Gasteiger partial charge in [0.05, 0.1) is 0 Å². The van der Waals surface area contributed by atoms with Gasteiger partial charge in [-0.05, 0) is 51.2 Å². The second kappa shape index (κ2) is 9.70. The number of carbonyl (C=O) groups excluding carboxylic acids is 5. The van der Waals surface area contributed by atoms with E-state index in [0.717, 1.165) is 12.8 Å². The lowest BCUT2D eigenvalue weighted by Gasteiger charge is -2.32. The maximum atomic E-state index is 13.3. The van der Waals surface area contributed by atoms with Gasteiger partial charge in [0.25, 0.3) is 23.6 Å². The number of likely N-dealkylation sites (N-methyl/N-ethyl adjacent to an activating group) is 1. The number of carbonyl (C=O) groups is 5. The average molecular weight is 478 g/mol. The minimum atomic E-state index is -0.417. The van der Waals surface area contributed by atoms with E-state index < -0.39 is 23.6 Å². The van der Waals surface area contributed by atoms with Gasteiger partial charge in [-0.25, -0.2) is 0 Å². The zero-order valence-corrected chi connectivity index (χ0v) is 20.7. The zero-order valence-electron chi connectivity index (χ0n) is 20.7. The van der Waals surface area contributed by atoms with Gasteiger partial charge in [-0.2, -0.15) is 0 Å². The molecule has 0 fully saturated rings. The van der Waals surface area contributed by atoms with Gasteiger partial charge in [-0.15, -0.1) is 0 Å². The average Bonchev–Trinajstić information content (AvgIpc) is 2.82. The number of hydrogen-bond acceptors (Lipinski definition) is 6. The monoisotopic (exact) mass is 477 g/mol. The standard InChI is InChI=1S/C27H31N3O5/c1-16(2)21(31)8-6-5-7-13-29-24(32)17-9-11-19-23-20(12-10-18(22(17)23)25(29)33)27(35)30(26(19)34)15-14-28(3)4/h9-12,16H,5-8,13-15H2,1-4H3. The first-order valence-electron chi connectivity index (χ1n) is 12.1. The van der Waals surface area contributed by atoms with Crippen LogP contribution in [-0.4, -0.2) is 77.8 Å². The summed E-state index contributed by atoms with van der Waals surface area (Å²) in [5.74, 6) is -1.43. The Balaban J connectivity index is 1.59. The summed E-state index contributed by atoms with van der Waals surface area (Å²) in [6.07, 6.45) is 2.57. The van der Waals surface area contributed by atoms with Crippen molar-refractivity contribution >= 4 is 40.2 Å². The van der Waals surface area contributed by atoms with Crippen molar-refractivity contribution < 1.29 is 24.0 Å². The third kappa shape index (κ3) is 4.38. The molecule has 0 saturated heterocycles. The Hall–Kier alpha value is -3.39. The van der Waals surface area contributed by atoms with Crippen LogP contribution >= 0.6 is 0 Å². The van der Waals surface area contributed by atoms with Crippen LogP contribution in [0.1, 0.15) is 81.0 Å². The lowest BCUT2D eigenvalue weighted by molar-refractivity contribution is -0.122. The SMILES string of the molecule is CC(C)C(=O)CCCCCN1C(=O)c2ccc3c4c(ccc(c24)C1=O)C(=O)N(CCN(C)C)C3=O. The Bertz CT molecular complexity index is 1180. The molecule has 35 heavy (non-hydrogen) atoms. The van der Waals surface area contributed by atoms with Crippen LogP contribution in [0.4, 0.5) is 0 Å². The van der Waals surface area contributed by atoms with E-state index in [4.69, 9.17) is 0 Å². The molecule has 2 aliphatic heterocycles. The molecule has 8 heteroatoms. The highest BCUT2D eigenvalue weighted by Crippen LogP contribution is 2.37. The lowest BCUT2D eigenvalue weighted by Crippen LogP contribution is -2.45. The fraction of sp³-hybridized carbons (Fsp3) is 0.444. The normalized spacial score (nSPS) is 15.3. The van der Waals surface area contributed by atoms with Gasteiger partial charge in [-0.1, -0.05) is 20.3 Å². The summed E-state index contributed by atoms with van der Waals surface area (Å²) in [6.45, 7) is 4.80. The molecule has 0 atom stereocenters. The first-order valence-corrected chi connectivity index (χ1v) is 12.1. The number of imide groups is 2. The summed E-state index contributed by atoms with van der Waals surface area (Å²) in [7, 11) is 3.73. The van der Waals surface area contributed by atoms with Crippen LogP contribution in [-0.2, 0) is 4.79 Å². The van der Waals surface area contributed by atoms with Gasteiger partial charge < -0.3 is 4.90 Å². The fourth-order valence-electron chi connectivity index (χ4n) is 4.72. The molecule has 2 aliphatic rings. The number of unbranched alkanes of at least 4 members (excludes halogenated alkanes) is 2. The van der Waals surface area contributed by atoms with Crippen molar-refractivity contribution in [2.24, 2.45) is 5.92 Å². The Morgan fingerprint density at radius 3 is 1.54 bits per heavy atom. The van der Waals surface area contributed by atoms with Crippen LogP contribution in [0.15, 0.2) is 24.3 Å². The first-order chi connectivity index (χ1) is 16.6. The van der Waals surface area contributed by atoms with Gasteiger partial charge >= 0.3 is 0 Å². The molecule has 4 amide bonds. The summed E-state index contributed by atoms with van der Waals surface area (Å²) in [4.78, 5) is 69.0. The van der Waals surface area contributed by atoms with Crippen molar-refractivity contribution in [1.29, 1.82) is 0 Å². The second-order valence-electron chi connectivity index (χ2n) is 9.83. The molecular weight excluding hydrogens is 446 g/mol. The number of hydrogen-bond donors (Lipinski definition) is 0. The van der Waals surface area contributed by atoms with Crippen molar-refractivity contribution in [3.63, 3.8) is 0 Å². The highest BCUT2D eigenvalue weighted by atomic mass is 16.2. The molecule has 0 bridgehead atoms. The molecular formula is C27H31N3O5. The minimum Gasteiger partial charge on any atom is -0.308 e. The van der Waals surface area contributed by atoms with Crippen LogP contribution in [0, 0.1) is 5.92 Å². The Kier molecular flexibility index (Phi) is 6.85. The third-order valence-electron chi connectivity index (χ3n) is 6.78. The number of rotatable bonds is 10. The molecule has 8 nitrogen and oxygen atoms in total. The van der Waals surface area contributed by atoms with E-state index in [1.807, 2.05) is 32.8 Å². The van der Waals surface area contributed by atoms with E-state index in [-0.39, 0.29) is 24.8 Å². The number of ketones is 1. The van der Waals surface area contributed by atoms with E-state index in [0.29, 0.717) is 52.4 Å². The highest BCUT2D eigenvalue weighted by Gasteiger charge is 2.39. The van der Waals surface area contributed by atoms with E-state index in [1.54, 1.807) is 24.3 Å². The van der Waals surface area contributed by atoms with Crippen LogP contribution < -0.4 is 0 Å². The van der Waals surface area contributed by atoms with Gasteiger partial charge in [0.1, 0.15) is 5.78 Å². The largest absolute Gasteiger partial charge is 0.308 e. The topological polar surface area (TPSA) is 95.1 Å². The molecule has 2 heterocycles. The molecule has 0 aliphatic carbocycles. The summed E-state index contributed by atoms with van der Waals surface area (Å²) >= 11 is 0. The summed E-state index contributed by atoms with van der Waals surface area (Å²) < 4.78 is 0. The fourth-order valence-corrected chi connectivity index (χ4v) is 4.72. The zero-order chi connectivity index (χ0) is 25.4. The van der Waals surface area contributed by atoms with Crippen molar-refractivity contribution in [2.45, 2.75) is 39.5 Å². The second-order valence-corrected chi connectivity index (χ2v) is 9.83. The van der Waals surface area contributed by atoms with Crippen LogP contribution in [0.25, 0.3) is 10.8 Å². The molecule has 0 saturated carbocycles. The minimum absolute atomic E-state index is 0.0118. The first kappa shape index (κ1) is 24.7. The quantitative estimate of drug-likeness (QED) is 0.385. The summed E-state index contributed by atoms with van der Waals surface area (Å²) in [6, 6.07) is 6.36. The number of amides is 4. The van der Waals surface area contributed by atoms with Crippen molar-refractivity contribution in [2.75, 3.05) is 33.7 Å². The molecule has 0 spiro atoms. The smallest absolute Gasteiger partial charge is 0.261 e. The van der Waals surface area contributed by atoms with E-state index in [1.165, 1.54) is 9.80 Å². The van der Waals surface area contributed by atoms with Crippen molar-refractivity contribution in [3.05, 3.63) is 46.5 Å². The predicted octanol–water partition coefficient (Wildman–Crippen LogP) is 3.38. The molecule has 4 rings (SSSR count). The summed E-state index contributed by atoms with van der Waals surface area (Å²) in [5.41, 5.74) is 1.33. The third-order valence-corrected chi connectivity index (χ3v) is 6.78. The van der Waals surface area contributed by atoms with Gasteiger partial charge in [-0.3, -0.25) is 33.8 Å². The van der Waals surface area contributed by atoms with E-state index in [2.05, 4.69) is 0 Å². The predicted molar refractivity (Wildman–Crippen MR) is 132 cm³/mol. The number of nitrogens with zero attached hydrogens (tertiary/aromatic N) is 3. The lowest BCUT2D eigenvalue weighted by atomic mass is 9.86. The van der Waals surface area contributed by atoms with Gasteiger partial charge in [0.15, 0.2) is 0 Å².